The third kappa shape index (κ3) is 3.68. The molecule has 1 aromatic heterocycles. The Labute approximate surface area is 124 Å². The highest BCUT2D eigenvalue weighted by Crippen LogP contribution is 2.15. The molecule has 108 valence electrons. The van der Waals surface area contributed by atoms with Crippen molar-refractivity contribution in [3.63, 3.8) is 0 Å². The zero-order chi connectivity index (χ0) is 12.9. The molecule has 1 N–H and O–H groups in total. The summed E-state index contributed by atoms with van der Waals surface area (Å²) in [6, 6.07) is 10.6. The van der Waals surface area contributed by atoms with E-state index in [0.717, 1.165) is 45.0 Å². The molecule has 0 aliphatic carbocycles. The summed E-state index contributed by atoms with van der Waals surface area (Å²) in [5, 5.41) is 14.0. The number of hydrogen-bond donors (Lipinski definition) is 1. The van der Waals surface area contributed by atoms with Crippen molar-refractivity contribution in [1.82, 2.24) is 25.5 Å². The van der Waals surface area contributed by atoms with Crippen LogP contribution in [-0.2, 0) is 6.42 Å². The second-order valence-electron chi connectivity index (χ2n) is 4.74. The number of anilines is 1. The van der Waals surface area contributed by atoms with Gasteiger partial charge in [0.05, 0.1) is 0 Å². The van der Waals surface area contributed by atoms with Gasteiger partial charge in [0.2, 0.25) is 0 Å². The molecule has 7 heteroatoms. The first-order chi connectivity index (χ1) is 9.42. The standard InChI is InChI=1S/C13H18N6.ClH/c1-2-4-12(5-3-1)19-10-8-18(9-11-19)7-6-13-14-16-17-15-13;/h1-5H,6-11H2,(H,14,15,16,17);1H. The highest BCUT2D eigenvalue weighted by molar-refractivity contribution is 5.85. The number of hydrogen-bond acceptors (Lipinski definition) is 5. The highest BCUT2D eigenvalue weighted by Gasteiger charge is 2.17. The molecule has 1 saturated heterocycles. The van der Waals surface area contributed by atoms with Crippen LogP contribution in [0.3, 0.4) is 0 Å². The summed E-state index contributed by atoms with van der Waals surface area (Å²) in [6.45, 7) is 5.34. The number of nitrogens with zero attached hydrogens (tertiary/aromatic N) is 5. The Kier molecular flexibility index (Phi) is 5.31. The van der Waals surface area contributed by atoms with E-state index in [9.17, 15) is 0 Å². The maximum atomic E-state index is 3.98. The Morgan fingerprint density at radius 3 is 2.45 bits per heavy atom. The van der Waals surface area contributed by atoms with E-state index in [-0.39, 0.29) is 12.4 Å². The molecule has 0 radical (unpaired) electrons. The molecule has 2 aromatic rings. The smallest absolute Gasteiger partial charge is 0.175 e. The van der Waals surface area contributed by atoms with Crippen molar-refractivity contribution < 1.29 is 0 Å². The van der Waals surface area contributed by atoms with Crippen LogP contribution >= 0.6 is 12.4 Å². The summed E-state index contributed by atoms with van der Waals surface area (Å²) in [7, 11) is 0. The molecule has 1 aromatic carbocycles. The minimum absolute atomic E-state index is 0. The highest BCUT2D eigenvalue weighted by atomic mass is 35.5. The zero-order valence-corrected chi connectivity index (χ0v) is 12.1. The summed E-state index contributed by atoms with van der Waals surface area (Å²) >= 11 is 0. The zero-order valence-electron chi connectivity index (χ0n) is 11.3. The summed E-state index contributed by atoms with van der Waals surface area (Å²) < 4.78 is 0. The fraction of sp³-hybridized carbons (Fsp3) is 0.462. The minimum atomic E-state index is 0. The third-order valence-corrected chi connectivity index (χ3v) is 3.53. The van der Waals surface area contributed by atoms with E-state index >= 15 is 0 Å². The minimum Gasteiger partial charge on any atom is -0.369 e. The number of aromatic amines is 1. The molecular weight excluding hydrogens is 276 g/mol. The molecule has 1 fully saturated rings. The van der Waals surface area contributed by atoms with Crippen molar-refractivity contribution in [3.8, 4) is 0 Å². The Balaban J connectivity index is 0.00000147. The first-order valence-electron chi connectivity index (χ1n) is 6.66. The predicted octanol–water partition coefficient (Wildman–Crippen LogP) is 0.986. The van der Waals surface area contributed by atoms with Gasteiger partial charge in [0.15, 0.2) is 5.82 Å². The van der Waals surface area contributed by atoms with Crippen molar-refractivity contribution in [2.75, 3.05) is 37.6 Å². The van der Waals surface area contributed by atoms with Crippen LogP contribution in [0.4, 0.5) is 5.69 Å². The van der Waals surface area contributed by atoms with Crippen molar-refractivity contribution in [3.05, 3.63) is 36.2 Å². The van der Waals surface area contributed by atoms with Crippen LogP contribution in [0.1, 0.15) is 5.82 Å². The summed E-state index contributed by atoms with van der Waals surface area (Å²) in [5.41, 5.74) is 1.32. The number of para-hydroxylation sites is 1. The molecule has 3 rings (SSSR count). The second-order valence-corrected chi connectivity index (χ2v) is 4.74. The lowest BCUT2D eigenvalue weighted by molar-refractivity contribution is 0.259. The molecule has 20 heavy (non-hydrogen) atoms. The number of halogens is 1. The number of tetrazole rings is 1. The Morgan fingerprint density at radius 1 is 1.05 bits per heavy atom. The lowest BCUT2D eigenvalue weighted by Gasteiger charge is -2.35. The predicted molar refractivity (Wildman–Crippen MR) is 80.2 cm³/mol. The molecule has 0 saturated carbocycles. The third-order valence-electron chi connectivity index (χ3n) is 3.53. The van der Waals surface area contributed by atoms with Gasteiger partial charge in [0.25, 0.3) is 0 Å². The van der Waals surface area contributed by atoms with E-state index in [1.165, 1.54) is 5.69 Å². The van der Waals surface area contributed by atoms with Gasteiger partial charge in [-0.25, -0.2) is 0 Å². The van der Waals surface area contributed by atoms with Gasteiger partial charge in [0.1, 0.15) is 0 Å². The van der Waals surface area contributed by atoms with E-state index in [1.54, 1.807) is 0 Å². The quantitative estimate of drug-likeness (QED) is 0.911. The van der Waals surface area contributed by atoms with Gasteiger partial charge < -0.3 is 4.90 Å². The van der Waals surface area contributed by atoms with E-state index < -0.39 is 0 Å². The normalized spacial score (nSPS) is 15.9. The SMILES string of the molecule is Cl.c1ccc(N2CCN(CCc3nn[nH]n3)CC2)cc1. The molecule has 1 aliphatic rings. The maximum absolute atomic E-state index is 3.98. The van der Waals surface area contributed by atoms with Crippen LogP contribution < -0.4 is 4.90 Å². The van der Waals surface area contributed by atoms with Gasteiger partial charge in [-0.3, -0.25) is 4.90 Å². The Morgan fingerprint density at radius 2 is 1.80 bits per heavy atom. The van der Waals surface area contributed by atoms with Gasteiger partial charge >= 0.3 is 0 Å². The lowest BCUT2D eigenvalue weighted by Crippen LogP contribution is -2.47. The van der Waals surface area contributed by atoms with Gasteiger partial charge in [0, 0.05) is 44.8 Å². The molecular formula is C13H19ClN6. The van der Waals surface area contributed by atoms with E-state index in [2.05, 4.69) is 60.8 Å². The molecule has 6 nitrogen and oxygen atoms in total. The molecule has 1 aliphatic heterocycles. The van der Waals surface area contributed by atoms with Gasteiger partial charge in [-0.1, -0.05) is 23.4 Å². The number of nitrogens with one attached hydrogen (secondary N) is 1. The van der Waals surface area contributed by atoms with Crippen molar-refractivity contribution in [2.24, 2.45) is 0 Å². The van der Waals surface area contributed by atoms with Gasteiger partial charge in [-0.05, 0) is 12.1 Å². The first kappa shape index (κ1) is 14.7. The Hall–Kier alpha value is -1.66. The molecule has 0 unspecified atom stereocenters. The fourth-order valence-corrected chi connectivity index (χ4v) is 2.42. The first-order valence-corrected chi connectivity index (χ1v) is 6.66. The molecule has 2 heterocycles. The van der Waals surface area contributed by atoms with Crippen LogP contribution in [0.5, 0.6) is 0 Å². The topological polar surface area (TPSA) is 60.9 Å². The monoisotopic (exact) mass is 294 g/mol. The summed E-state index contributed by atoms with van der Waals surface area (Å²) in [5.74, 6) is 0.797. The largest absolute Gasteiger partial charge is 0.369 e. The van der Waals surface area contributed by atoms with Crippen LogP contribution in [0.15, 0.2) is 30.3 Å². The van der Waals surface area contributed by atoms with Gasteiger partial charge in [-0.15, -0.1) is 22.6 Å². The van der Waals surface area contributed by atoms with E-state index in [4.69, 9.17) is 0 Å². The number of H-pyrrole nitrogens is 1. The van der Waals surface area contributed by atoms with Crippen LogP contribution in [0.2, 0.25) is 0 Å². The number of rotatable bonds is 4. The van der Waals surface area contributed by atoms with Crippen molar-refractivity contribution in [1.29, 1.82) is 0 Å². The average molecular weight is 295 g/mol. The van der Waals surface area contributed by atoms with E-state index in [0.29, 0.717) is 0 Å². The summed E-state index contributed by atoms with van der Waals surface area (Å²) in [4.78, 5) is 4.89. The number of benzene rings is 1. The average Bonchev–Trinajstić information content (AvgIpc) is 3.00. The lowest BCUT2D eigenvalue weighted by atomic mass is 10.2. The van der Waals surface area contributed by atoms with Crippen LogP contribution in [0, 0.1) is 0 Å². The van der Waals surface area contributed by atoms with Crippen molar-refractivity contribution >= 4 is 18.1 Å². The van der Waals surface area contributed by atoms with Crippen LogP contribution in [0.25, 0.3) is 0 Å². The number of piperazine rings is 1. The second kappa shape index (κ2) is 7.21. The summed E-state index contributed by atoms with van der Waals surface area (Å²) in [6.07, 6.45) is 0.863. The number of aromatic nitrogens is 4. The molecule has 0 spiro atoms. The Bertz CT molecular complexity index is 481. The molecule has 0 atom stereocenters. The molecule has 0 amide bonds. The maximum Gasteiger partial charge on any atom is 0.175 e. The van der Waals surface area contributed by atoms with E-state index in [1.807, 2.05) is 0 Å². The van der Waals surface area contributed by atoms with Gasteiger partial charge in [-0.2, -0.15) is 5.21 Å². The van der Waals surface area contributed by atoms with Crippen molar-refractivity contribution in [2.45, 2.75) is 6.42 Å². The molecule has 0 bridgehead atoms. The van der Waals surface area contributed by atoms with Crippen LogP contribution in [-0.4, -0.2) is 58.2 Å². The fourth-order valence-electron chi connectivity index (χ4n) is 2.42.